The number of methoxy groups -OCH3 is 1. The maximum Gasteiger partial charge on any atom is 0.195 e. The van der Waals surface area contributed by atoms with Crippen molar-refractivity contribution >= 4 is 11.8 Å². The molecule has 3 rings (SSSR count). The molecule has 2 aromatic carbocycles. The van der Waals surface area contributed by atoms with E-state index in [9.17, 15) is 0 Å². The summed E-state index contributed by atoms with van der Waals surface area (Å²) in [6.07, 6.45) is 1.74. The van der Waals surface area contributed by atoms with E-state index in [1.54, 1.807) is 25.2 Å². The highest BCUT2D eigenvalue weighted by Crippen LogP contribution is 2.25. The summed E-state index contributed by atoms with van der Waals surface area (Å²) in [6, 6.07) is 16.7. The van der Waals surface area contributed by atoms with Crippen LogP contribution in [0.5, 0.6) is 5.75 Å². The van der Waals surface area contributed by atoms with E-state index in [1.807, 2.05) is 28.8 Å². The standard InChI is InChI=1S/C19H21N3OS/c1-14(2)16-9-7-15(8-10-16)12-24-19-21-20-13-22(19)17-5-4-6-18(11-17)23-3/h4-11,13-14H,12H2,1-3H3. The quantitative estimate of drug-likeness (QED) is 0.611. The largest absolute Gasteiger partial charge is 0.497 e. The second-order valence-corrected chi connectivity index (χ2v) is 6.81. The number of hydrogen-bond acceptors (Lipinski definition) is 4. The summed E-state index contributed by atoms with van der Waals surface area (Å²) in [5.74, 6) is 2.24. The molecule has 0 aliphatic heterocycles. The Bertz CT molecular complexity index is 796. The maximum absolute atomic E-state index is 5.29. The zero-order chi connectivity index (χ0) is 16.9. The zero-order valence-corrected chi connectivity index (χ0v) is 15.0. The Morgan fingerprint density at radius 3 is 2.62 bits per heavy atom. The molecule has 0 radical (unpaired) electrons. The highest BCUT2D eigenvalue weighted by molar-refractivity contribution is 7.98. The molecule has 4 nitrogen and oxygen atoms in total. The molecule has 0 unspecified atom stereocenters. The van der Waals surface area contributed by atoms with Crippen molar-refractivity contribution in [3.8, 4) is 11.4 Å². The van der Waals surface area contributed by atoms with Crippen molar-refractivity contribution in [2.24, 2.45) is 0 Å². The molecule has 0 N–H and O–H groups in total. The Labute approximate surface area is 146 Å². The van der Waals surface area contributed by atoms with E-state index < -0.39 is 0 Å². The van der Waals surface area contributed by atoms with E-state index in [2.05, 4.69) is 48.3 Å². The number of hydrogen-bond donors (Lipinski definition) is 0. The number of rotatable bonds is 6. The predicted octanol–water partition coefficient (Wildman–Crippen LogP) is 4.69. The highest BCUT2D eigenvalue weighted by atomic mass is 32.2. The molecule has 0 saturated heterocycles. The van der Waals surface area contributed by atoms with Gasteiger partial charge in [0, 0.05) is 11.8 Å². The van der Waals surface area contributed by atoms with Gasteiger partial charge in [0.2, 0.25) is 0 Å². The molecule has 5 heteroatoms. The molecule has 124 valence electrons. The number of thioether (sulfide) groups is 1. The molecule has 1 heterocycles. The molecule has 0 saturated carbocycles. The lowest BCUT2D eigenvalue weighted by atomic mass is 10.0. The normalized spacial score (nSPS) is 11.0. The Hall–Kier alpha value is -2.27. The minimum absolute atomic E-state index is 0.558. The van der Waals surface area contributed by atoms with Gasteiger partial charge < -0.3 is 4.74 Å². The number of aromatic nitrogens is 3. The first kappa shape index (κ1) is 16.6. The molecule has 0 bridgehead atoms. The molecular weight excluding hydrogens is 318 g/mol. The fraction of sp³-hybridized carbons (Fsp3) is 0.263. The van der Waals surface area contributed by atoms with Crippen LogP contribution in [0.4, 0.5) is 0 Å². The monoisotopic (exact) mass is 339 g/mol. The average molecular weight is 339 g/mol. The van der Waals surface area contributed by atoms with Gasteiger partial charge in [-0.3, -0.25) is 4.57 Å². The lowest BCUT2D eigenvalue weighted by molar-refractivity contribution is 0.414. The van der Waals surface area contributed by atoms with Gasteiger partial charge in [-0.05, 0) is 29.2 Å². The first-order chi connectivity index (χ1) is 11.7. The lowest BCUT2D eigenvalue weighted by Gasteiger charge is -2.09. The summed E-state index contributed by atoms with van der Waals surface area (Å²) >= 11 is 1.68. The van der Waals surface area contributed by atoms with Crippen LogP contribution in [0.25, 0.3) is 5.69 Å². The van der Waals surface area contributed by atoms with Gasteiger partial charge in [0.05, 0.1) is 12.8 Å². The summed E-state index contributed by atoms with van der Waals surface area (Å²) in [7, 11) is 1.67. The third-order valence-corrected chi connectivity index (χ3v) is 4.88. The smallest absolute Gasteiger partial charge is 0.195 e. The topological polar surface area (TPSA) is 39.9 Å². The molecule has 0 aliphatic rings. The van der Waals surface area contributed by atoms with Crippen molar-refractivity contribution in [3.63, 3.8) is 0 Å². The molecule has 3 aromatic rings. The van der Waals surface area contributed by atoms with Crippen LogP contribution >= 0.6 is 11.8 Å². The SMILES string of the molecule is COc1cccc(-n2cnnc2SCc2ccc(C(C)C)cc2)c1. The van der Waals surface area contributed by atoms with Crippen LogP contribution in [0.3, 0.4) is 0 Å². The molecule has 0 fully saturated rings. The fourth-order valence-corrected chi connectivity index (χ4v) is 3.29. The fourth-order valence-electron chi connectivity index (χ4n) is 2.41. The third kappa shape index (κ3) is 3.79. The van der Waals surface area contributed by atoms with E-state index in [-0.39, 0.29) is 0 Å². The van der Waals surface area contributed by atoms with E-state index in [0.717, 1.165) is 22.3 Å². The minimum Gasteiger partial charge on any atom is -0.497 e. The summed E-state index contributed by atoms with van der Waals surface area (Å²) in [6.45, 7) is 4.42. The Balaban J connectivity index is 1.73. The van der Waals surface area contributed by atoms with Crippen LogP contribution in [0.2, 0.25) is 0 Å². The van der Waals surface area contributed by atoms with Crippen LogP contribution < -0.4 is 4.74 Å². The summed E-state index contributed by atoms with van der Waals surface area (Å²) in [5.41, 5.74) is 3.64. The Kier molecular flexibility index (Phi) is 5.20. The summed E-state index contributed by atoms with van der Waals surface area (Å²) in [5, 5.41) is 9.17. The van der Waals surface area contributed by atoms with Gasteiger partial charge >= 0.3 is 0 Å². The van der Waals surface area contributed by atoms with Crippen LogP contribution in [0, 0.1) is 0 Å². The average Bonchev–Trinajstić information content (AvgIpc) is 3.09. The second-order valence-electron chi connectivity index (χ2n) is 5.87. The van der Waals surface area contributed by atoms with Gasteiger partial charge in [0.1, 0.15) is 12.1 Å². The highest BCUT2D eigenvalue weighted by Gasteiger charge is 2.08. The first-order valence-corrected chi connectivity index (χ1v) is 8.92. The van der Waals surface area contributed by atoms with Gasteiger partial charge in [0.15, 0.2) is 5.16 Å². The van der Waals surface area contributed by atoms with Gasteiger partial charge in [-0.1, -0.05) is 55.9 Å². The van der Waals surface area contributed by atoms with Crippen molar-refractivity contribution in [1.29, 1.82) is 0 Å². The first-order valence-electron chi connectivity index (χ1n) is 7.93. The predicted molar refractivity (Wildman–Crippen MR) is 98.0 cm³/mol. The number of nitrogens with zero attached hydrogens (tertiary/aromatic N) is 3. The summed E-state index contributed by atoms with van der Waals surface area (Å²) < 4.78 is 7.27. The van der Waals surface area contributed by atoms with Crippen LogP contribution in [-0.4, -0.2) is 21.9 Å². The molecule has 0 spiro atoms. The molecule has 0 amide bonds. The Morgan fingerprint density at radius 1 is 1.12 bits per heavy atom. The van der Waals surface area contributed by atoms with Gasteiger partial charge in [0.25, 0.3) is 0 Å². The molecular formula is C19H21N3OS. The van der Waals surface area contributed by atoms with E-state index >= 15 is 0 Å². The number of ether oxygens (including phenoxy) is 1. The van der Waals surface area contributed by atoms with E-state index in [4.69, 9.17) is 4.74 Å². The molecule has 1 aromatic heterocycles. The van der Waals surface area contributed by atoms with Gasteiger partial charge in [-0.2, -0.15) is 0 Å². The van der Waals surface area contributed by atoms with Crippen molar-refractivity contribution in [3.05, 3.63) is 66.0 Å². The van der Waals surface area contributed by atoms with Crippen molar-refractivity contribution in [1.82, 2.24) is 14.8 Å². The van der Waals surface area contributed by atoms with Crippen LogP contribution in [-0.2, 0) is 5.75 Å². The van der Waals surface area contributed by atoms with Gasteiger partial charge in [-0.25, -0.2) is 0 Å². The van der Waals surface area contributed by atoms with Crippen LogP contribution in [0.1, 0.15) is 30.9 Å². The van der Waals surface area contributed by atoms with Crippen molar-refractivity contribution in [2.45, 2.75) is 30.7 Å². The lowest BCUT2D eigenvalue weighted by Crippen LogP contribution is -1.96. The maximum atomic E-state index is 5.29. The molecule has 24 heavy (non-hydrogen) atoms. The van der Waals surface area contributed by atoms with Crippen molar-refractivity contribution in [2.75, 3.05) is 7.11 Å². The number of benzene rings is 2. The van der Waals surface area contributed by atoms with E-state index in [1.165, 1.54) is 11.1 Å². The zero-order valence-electron chi connectivity index (χ0n) is 14.1. The Morgan fingerprint density at radius 2 is 1.92 bits per heavy atom. The minimum atomic E-state index is 0.558. The molecule has 0 atom stereocenters. The molecule has 0 aliphatic carbocycles. The summed E-state index contributed by atoms with van der Waals surface area (Å²) in [4.78, 5) is 0. The van der Waals surface area contributed by atoms with E-state index in [0.29, 0.717) is 5.92 Å². The van der Waals surface area contributed by atoms with Gasteiger partial charge in [-0.15, -0.1) is 10.2 Å². The third-order valence-electron chi connectivity index (χ3n) is 3.86. The van der Waals surface area contributed by atoms with Crippen molar-refractivity contribution < 1.29 is 4.74 Å². The van der Waals surface area contributed by atoms with Crippen LogP contribution in [0.15, 0.2) is 60.0 Å². The second kappa shape index (κ2) is 7.53.